The van der Waals surface area contributed by atoms with Crippen molar-refractivity contribution in [1.82, 2.24) is 16.0 Å². The van der Waals surface area contributed by atoms with Gasteiger partial charge < -0.3 is 16.0 Å². The molecule has 0 spiro atoms. The number of amides is 1. The van der Waals surface area contributed by atoms with Crippen LogP contribution in [-0.4, -0.2) is 49.0 Å². The maximum absolute atomic E-state index is 12.2. The van der Waals surface area contributed by atoms with E-state index in [1.54, 1.807) is 20.2 Å². The average Bonchev–Trinajstić information content (AvgIpc) is 2.73. The predicted molar refractivity (Wildman–Crippen MR) is 131 cm³/mol. The summed E-state index contributed by atoms with van der Waals surface area (Å²) in [6.07, 6.45) is 0.769. The molecule has 8 heteroatoms. The van der Waals surface area contributed by atoms with Crippen molar-refractivity contribution in [3.05, 3.63) is 71.3 Å². The minimum absolute atomic E-state index is 0. The number of hydrogen-bond acceptors (Lipinski definition) is 3. The summed E-state index contributed by atoms with van der Waals surface area (Å²) in [5, 5.41) is 9.07. The summed E-state index contributed by atoms with van der Waals surface area (Å²) >= 11 is 0. The largest absolute Gasteiger partial charge is 0.356 e. The van der Waals surface area contributed by atoms with Crippen LogP contribution in [0.4, 0.5) is 0 Å². The zero-order valence-corrected chi connectivity index (χ0v) is 20.0. The smallest absolute Gasteiger partial charge is 0.251 e. The molecule has 0 heterocycles. The molecular formula is C21H29IN4O2S. The van der Waals surface area contributed by atoms with Crippen LogP contribution in [0.2, 0.25) is 0 Å². The van der Waals surface area contributed by atoms with E-state index in [0.29, 0.717) is 36.1 Å². The molecule has 1 unspecified atom stereocenters. The lowest BCUT2D eigenvalue weighted by molar-refractivity contribution is 0.0963. The first-order valence-corrected chi connectivity index (χ1v) is 10.8. The second-order valence-electron chi connectivity index (χ2n) is 6.23. The van der Waals surface area contributed by atoms with Crippen molar-refractivity contribution in [3.63, 3.8) is 0 Å². The fraction of sp³-hybridized carbons (Fsp3) is 0.333. The first-order chi connectivity index (χ1) is 13.6. The first kappa shape index (κ1) is 25.1. The topological polar surface area (TPSA) is 82.6 Å². The van der Waals surface area contributed by atoms with Crippen molar-refractivity contribution in [1.29, 1.82) is 0 Å². The third-order valence-electron chi connectivity index (χ3n) is 4.14. The fourth-order valence-electron chi connectivity index (χ4n) is 2.67. The van der Waals surface area contributed by atoms with Gasteiger partial charge in [-0.15, -0.1) is 24.0 Å². The summed E-state index contributed by atoms with van der Waals surface area (Å²) in [6, 6.07) is 17.4. The van der Waals surface area contributed by atoms with Gasteiger partial charge >= 0.3 is 0 Å². The van der Waals surface area contributed by atoms with E-state index in [1.165, 1.54) is 0 Å². The van der Waals surface area contributed by atoms with Gasteiger partial charge in [0, 0.05) is 55.1 Å². The summed E-state index contributed by atoms with van der Waals surface area (Å²) in [6.45, 7) is 1.27. The molecule has 0 saturated heterocycles. The molecule has 158 valence electrons. The number of aliphatic imine (C=N–C) groups is 1. The van der Waals surface area contributed by atoms with E-state index >= 15 is 0 Å². The lowest BCUT2D eigenvalue weighted by Crippen LogP contribution is -2.40. The van der Waals surface area contributed by atoms with Crippen molar-refractivity contribution in [2.24, 2.45) is 4.99 Å². The zero-order chi connectivity index (χ0) is 20.2. The highest BCUT2D eigenvalue weighted by molar-refractivity contribution is 14.0. The van der Waals surface area contributed by atoms with Crippen molar-refractivity contribution in [3.8, 4) is 0 Å². The summed E-state index contributed by atoms with van der Waals surface area (Å²) < 4.78 is 12.2. The number of nitrogens with one attached hydrogen (secondary N) is 3. The lowest BCUT2D eigenvalue weighted by Gasteiger charge is -2.12. The predicted octanol–water partition coefficient (Wildman–Crippen LogP) is 2.32. The Morgan fingerprint density at radius 2 is 1.69 bits per heavy atom. The lowest BCUT2D eigenvalue weighted by atomic mass is 10.1. The molecular weight excluding hydrogens is 499 g/mol. The number of hydrogen-bond donors (Lipinski definition) is 3. The Balaban J connectivity index is 0.00000420. The molecule has 0 saturated carbocycles. The number of carbonyl (C=O) groups is 1. The second-order valence-corrected chi connectivity index (χ2v) is 7.81. The number of nitrogens with zero attached hydrogens (tertiary/aromatic N) is 1. The van der Waals surface area contributed by atoms with Gasteiger partial charge in [0.15, 0.2) is 5.96 Å². The number of rotatable bonds is 9. The molecule has 0 aliphatic heterocycles. The number of benzene rings is 2. The highest BCUT2D eigenvalue weighted by Crippen LogP contribution is 2.06. The van der Waals surface area contributed by atoms with Gasteiger partial charge in [0.2, 0.25) is 0 Å². The average molecular weight is 528 g/mol. The molecule has 3 N–H and O–H groups in total. The third-order valence-corrected chi connectivity index (χ3v) is 5.45. The Morgan fingerprint density at radius 1 is 1.00 bits per heavy atom. The molecule has 1 amide bonds. The molecule has 0 bridgehead atoms. The van der Waals surface area contributed by atoms with E-state index < -0.39 is 10.8 Å². The molecule has 0 aliphatic carbocycles. The van der Waals surface area contributed by atoms with E-state index in [0.717, 1.165) is 17.5 Å². The van der Waals surface area contributed by atoms with Crippen LogP contribution in [0.15, 0.2) is 59.6 Å². The van der Waals surface area contributed by atoms with Gasteiger partial charge in [-0.1, -0.05) is 42.5 Å². The van der Waals surface area contributed by atoms with E-state index in [1.807, 2.05) is 48.5 Å². The summed E-state index contributed by atoms with van der Waals surface area (Å²) in [4.78, 5) is 15.9. The molecule has 0 fully saturated rings. The Kier molecular flexibility index (Phi) is 12.2. The number of guanidine groups is 1. The van der Waals surface area contributed by atoms with Gasteiger partial charge in [-0.2, -0.15) is 0 Å². The van der Waals surface area contributed by atoms with Crippen molar-refractivity contribution in [2.75, 3.05) is 32.9 Å². The molecule has 0 aliphatic rings. The quantitative estimate of drug-likeness (QED) is 0.265. The van der Waals surface area contributed by atoms with Crippen LogP contribution in [0.25, 0.3) is 0 Å². The van der Waals surface area contributed by atoms with Crippen LogP contribution >= 0.6 is 24.0 Å². The van der Waals surface area contributed by atoms with Crippen LogP contribution in [0, 0.1) is 0 Å². The van der Waals surface area contributed by atoms with Crippen molar-refractivity contribution >= 4 is 46.6 Å². The SMILES string of the molecule is CN=C(NCCc1cccc(C(=O)NC)c1)NCCS(=O)Cc1ccccc1.I. The number of carbonyl (C=O) groups excluding carboxylic acids is 1. The molecule has 6 nitrogen and oxygen atoms in total. The van der Waals surface area contributed by atoms with E-state index in [4.69, 9.17) is 0 Å². The van der Waals surface area contributed by atoms with Gasteiger partial charge in [-0.25, -0.2) is 0 Å². The van der Waals surface area contributed by atoms with E-state index in [-0.39, 0.29) is 29.9 Å². The molecule has 2 aromatic carbocycles. The Hall–Kier alpha value is -1.94. The van der Waals surface area contributed by atoms with Crippen LogP contribution in [0.1, 0.15) is 21.5 Å². The standard InChI is InChI=1S/C21H28N4O2S.HI/c1-22-20(26)19-10-6-9-17(15-19)11-12-24-21(23-2)25-13-14-28(27)16-18-7-4-3-5-8-18;/h3-10,15H,11-14,16H2,1-2H3,(H,22,26)(H2,23,24,25);1H. The van der Waals surface area contributed by atoms with Gasteiger partial charge in [0.25, 0.3) is 5.91 Å². The Bertz CT molecular complexity index is 815. The Morgan fingerprint density at radius 3 is 2.38 bits per heavy atom. The minimum Gasteiger partial charge on any atom is -0.356 e. The monoisotopic (exact) mass is 528 g/mol. The second kappa shape index (κ2) is 14.1. The highest BCUT2D eigenvalue weighted by atomic mass is 127. The van der Waals surface area contributed by atoms with Crippen LogP contribution in [0.5, 0.6) is 0 Å². The minimum atomic E-state index is -0.916. The molecule has 0 radical (unpaired) electrons. The Labute approximate surface area is 192 Å². The van der Waals surface area contributed by atoms with Crippen molar-refractivity contribution < 1.29 is 9.00 Å². The zero-order valence-electron chi connectivity index (χ0n) is 16.8. The summed E-state index contributed by atoms with van der Waals surface area (Å²) in [5.74, 6) is 1.72. The molecule has 29 heavy (non-hydrogen) atoms. The third kappa shape index (κ3) is 9.40. The molecule has 1 atom stereocenters. The molecule has 0 aromatic heterocycles. The first-order valence-electron chi connectivity index (χ1n) is 9.27. The van der Waals surface area contributed by atoms with Crippen LogP contribution < -0.4 is 16.0 Å². The van der Waals surface area contributed by atoms with E-state index in [9.17, 15) is 9.00 Å². The van der Waals surface area contributed by atoms with Gasteiger partial charge in [-0.3, -0.25) is 14.0 Å². The van der Waals surface area contributed by atoms with Gasteiger partial charge in [-0.05, 0) is 29.7 Å². The normalized spacial score (nSPS) is 11.9. The maximum Gasteiger partial charge on any atom is 0.251 e. The summed E-state index contributed by atoms with van der Waals surface area (Å²) in [7, 11) is 2.42. The maximum atomic E-state index is 12.2. The molecule has 2 rings (SSSR count). The van der Waals surface area contributed by atoms with Crippen LogP contribution in [0.3, 0.4) is 0 Å². The van der Waals surface area contributed by atoms with E-state index in [2.05, 4.69) is 20.9 Å². The molecule has 2 aromatic rings. The fourth-order valence-corrected chi connectivity index (χ4v) is 3.71. The van der Waals surface area contributed by atoms with Gasteiger partial charge in [0.1, 0.15) is 0 Å². The van der Waals surface area contributed by atoms with Crippen molar-refractivity contribution in [2.45, 2.75) is 12.2 Å². The highest BCUT2D eigenvalue weighted by Gasteiger charge is 2.05. The van der Waals surface area contributed by atoms with Gasteiger partial charge in [0.05, 0.1) is 0 Å². The number of halogens is 1. The van der Waals surface area contributed by atoms with Crippen LogP contribution in [-0.2, 0) is 23.0 Å². The summed E-state index contributed by atoms with van der Waals surface area (Å²) in [5.41, 5.74) is 2.82.